The summed E-state index contributed by atoms with van der Waals surface area (Å²) in [5.41, 5.74) is 1.19. The second-order valence-electron chi connectivity index (χ2n) is 5.75. The Balaban J connectivity index is 1.90. The third-order valence-corrected chi connectivity index (χ3v) is 3.76. The van der Waals surface area contributed by atoms with Gasteiger partial charge in [0.2, 0.25) is 5.88 Å². The quantitative estimate of drug-likeness (QED) is 0.881. The first-order chi connectivity index (χ1) is 9.54. The van der Waals surface area contributed by atoms with E-state index < -0.39 is 0 Å². The third-order valence-electron chi connectivity index (χ3n) is 2.83. The van der Waals surface area contributed by atoms with Gasteiger partial charge in [-0.15, -0.1) is 11.3 Å². The molecule has 0 atom stereocenters. The molecule has 0 fully saturated rings. The molecule has 0 spiro atoms. The number of hydrogen-bond acceptors (Lipinski definition) is 4. The molecular formula is C16H22N2OS. The highest BCUT2D eigenvalue weighted by molar-refractivity contribution is 7.09. The van der Waals surface area contributed by atoms with Gasteiger partial charge in [-0.05, 0) is 38.3 Å². The number of aromatic nitrogens is 1. The van der Waals surface area contributed by atoms with Crippen molar-refractivity contribution in [2.45, 2.75) is 39.3 Å². The Morgan fingerprint density at radius 2 is 2.10 bits per heavy atom. The van der Waals surface area contributed by atoms with Gasteiger partial charge in [0.25, 0.3) is 0 Å². The summed E-state index contributed by atoms with van der Waals surface area (Å²) in [5.74, 6) is 0.737. The number of rotatable bonds is 6. The van der Waals surface area contributed by atoms with Gasteiger partial charge >= 0.3 is 0 Å². The van der Waals surface area contributed by atoms with E-state index in [2.05, 4.69) is 54.7 Å². The molecule has 4 heteroatoms. The van der Waals surface area contributed by atoms with Crippen molar-refractivity contribution in [3.63, 3.8) is 0 Å². The minimum absolute atomic E-state index is 0.0874. The predicted octanol–water partition coefficient (Wildman–Crippen LogP) is 3.65. The Hall–Kier alpha value is -1.39. The maximum atomic E-state index is 5.83. The average molecular weight is 290 g/mol. The van der Waals surface area contributed by atoms with E-state index in [0.29, 0.717) is 6.61 Å². The molecule has 2 aromatic rings. The van der Waals surface area contributed by atoms with E-state index >= 15 is 0 Å². The van der Waals surface area contributed by atoms with Crippen molar-refractivity contribution in [2.75, 3.05) is 6.61 Å². The number of ether oxygens (including phenoxy) is 1. The van der Waals surface area contributed by atoms with E-state index in [0.717, 1.165) is 24.4 Å². The van der Waals surface area contributed by atoms with E-state index in [1.165, 1.54) is 4.88 Å². The molecule has 1 N–H and O–H groups in total. The Labute approximate surface area is 125 Å². The summed E-state index contributed by atoms with van der Waals surface area (Å²) in [4.78, 5) is 5.68. The number of pyridine rings is 1. The summed E-state index contributed by atoms with van der Waals surface area (Å²) in [6.45, 7) is 7.90. The van der Waals surface area contributed by atoms with E-state index in [1.807, 2.05) is 6.07 Å². The zero-order valence-corrected chi connectivity index (χ0v) is 13.2. The molecule has 0 aliphatic carbocycles. The van der Waals surface area contributed by atoms with Gasteiger partial charge in [-0.25, -0.2) is 4.98 Å². The van der Waals surface area contributed by atoms with Crippen LogP contribution in [0.25, 0.3) is 0 Å². The standard InChI is InChI=1S/C16H22N2OS/c1-16(2,3)18-12-13-6-4-9-17-15(13)19-10-8-14-7-5-11-20-14/h4-7,9,11,18H,8,10,12H2,1-3H3. The fourth-order valence-corrected chi connectivity index (χ4v) is 2.44. The highest BCUT2D eigenvalue weighted by Crippen LogP contribution is 2.16. The Bertz CT molecular complexity index is 518. The predicted molar refractivity (Wildman–Crippen MR) is 84.3 cm³/mol. The molecule has 0 aliphatic rings. The first kappa shape index (κ1) is 15.0. The van der Waals surface area contributed by atoms with Gasteiger partial charge in [-0.3, -0.25) is 0 Å². The zero-order valence-electron chi connectivity index (χ0n) is 12.3. The average Bonchev–Trinajstić information content (AvgIpc) is 2.90. The lowest BCUT2D eigenvalue weighted by atomic mass is 10.1. The Kier molecular flexibility index (Phi) is 5.15. The molecular weight excluding hydrogens is 268 g/mol. The fourth-order valence-electron chi connectivity index (χ4n) is 1.75. The molecule has 2 rings (SSSR count). The molecule has 0 saturated carbocycles. The van der Waals surface area contributed by atoms with Gasteiger partial charge < -0.3 is 10.1 Å². The van der Waals surface area contributed by atoms with Crippen LogP contribution < -0.4 is 10.1 Å². The first-order valence-electron chi connectivity index (χ1n) is 6.89. The number of nitrogens with one attached hydrogen (secondary N) is 1. The van der Waals surface area contributed by atoms with Crippen molar-refractivity contribution in [1.82, 2.24) is 10.3 Å². The van der Waals surface area contributed by atoms with Crippen LogP contribution in [-0.2, 0) is 13.0 Å². The van der Waals surface area contributed by atoms with Crippen LogP contribution in [0, 0.1) is 0 Å². The largest absolute Gasteiger partial charge is 0.477 e. The minimum atomic E-state index is 0.0874. The van der Waals surface area contributed by atoms with Crippen molar-refractivity contribution in [2.24, 2.45) is 0 Å². The summed E-state index contributed by atoms with van der Waals surface area (Å²) >= 11 is 1.76. The van der Waals surface area contributed by atoms with E-state index in [4.69, 9.17) is 4.74 Å². The summed E-state index contributed by atoms with van der Waals surface area (Å²) in [7, 11) is 0. The molecule has 0 amide bonds. The van der Waals surface area contributed by atoms with E-state index in [9.17, 15) is 0 Å². The fraction of sp³-hybridized carbons (Fsp3) is 0.438. The Morgan fingerprint density at radius 3 is 2.80 bits per heavy atom. The molecule has 3 nitrogen and oxygen atoms in total. The molecule has 0 aromatic carbocycles. The van der Waals surface area contributed by atoms with E-state index in [-0.39, 0.29) is 5.54 Å². The number of nitrogens with zero attached hydrogens (tertiary/aromatic N) is 1. The van der Waals surface area contributed by atoms with Gasteiger partial charge in [0.05, 0.1) is 6.61 Å². The summed E-state index contributed by atoms with van der Waals surface area (Å²) in [6, 6.07) is 8.21. The van der Waals surface area contributed by atoms with Crippen molar-refractivity contribution in [1.29, 1.82) is 0 Å². The molecule has 108 valence electrons. The summed E-state index contributed by atoms with van der Waals surface area (Å²) < 4.78 is 5.83. The molecule has 2 heterocycles. The van der Waals surface area contributed by atoms with Gasteiger partial charge in [-0.1, -0.05) is 12.1 Å². The molecule has 0 radical (unpaired) electrons. The van der Waals surface area contributed by atoms with Gasteiger partial charge in [0.1, 0.15) is 0 Å². The lowest BCUT2D eigenvalue weighted by molar-refractivity contribution is 0.303. The van der Waals surface area contributed by atoms with Crippen LogP contribution in [0.5, 0.6) is 5.88 Å². The molecule has 0 bridgehead atoms. The first-order valence-corrected chi connectivity index (χ1v) is 7.77. The summed E-state index contributed by atoms with van der Waals surface area (Å²) in [5, 5.41) is 5.56. The monoisotopic (exact) mass is 290 g/mol. The highest BCUT2D eigenvalue weighted by atomic mass is 32.1. The van der Waals surface area contributed by atoms with E-state index in [1.54, 1.807) is 17.5 Å². The van der Waals surface area contributed by atoms with Gasteiger partial charge in [-0.2, -0.15) is 0 Å². The molecule has 0 saturated heterocycles. The molecule has 0 unspecified atom stereocenters. The maximum Gasteiger partial charge on any atom is 0.217 e. The van der Waals surface area contributed by atoms with Crippen molar-refractivity contribution in [3.05, 3.63) is 46.3 Å². The molecule has 2 aromatic heterocycles. The SMILES string of the molecule is CC(C)(C)NCc1cccnc1OCCc1cccs1. The van der Waals surface area contributed by atoms with Crippen molar-refractivity contribution < 1.29 is 4.74 Å². The normalized spacial score (nSPS) is 11.6. The maximum absolute atomic E-state index is 5.83. The zero-order chi connectivity index (χ0) is 14.4. The number of thiophene rings is 1. The minimum Gasteiger partial charge on any atom is -0.477 e. The summed E-state index contributed by atoms with van der Waals surface area (Å²) in [6.07, 6.45) is 2.71. The highest BCUT2D eigenvalue weighted by Gasteiger charge is 2.11. The smallest absolute Gasteiger partial charge is 0.217 e. The number of hydrogen-bond donors (Lipinski definition) is 1. The Morgan fingerprint density at radius 1 is 1.25 bits per heavy atom. The van der Waals surface area contributed by atoms with Crippen LogP contribution in [0.15, 0.2) is 35.8 Å². The van der Waals surface area contributed by atoms with Crippen molar-refractivity contribution in [3.8, 4) is 5.88 Å². The van der Waals surface area contributed by atoms with Gasteiger partial charge in [0, 0.05) is 35.1 Å². The van der Waals surface area contributed by atoms with Crippen LogP contribution >= 0.6 is 11.3 Å². The lowest BCUT2D eigenvalue weighted by Gasteiger charge is -2.21. The van der Waals surface area contributed by atoms with Crippen molar-refractivity contribution >= 4 is 11.3 Å². The lowest BCUT2D eigenvalue weighted by Crippen LogP contribution is -2.35. The third kappa shape index (κ3) is 4.94. The second kappa shape index (κ2) is 6.86. The van der Waals surface area contributed by atoms with Gasteiger partial charge in [0.15, 0.2) is 0 Å². The van der Waals surface area contributed by atoms with Crippen LogP contribution in [0.2, 0.25) is 0 Å². The second-order valence-corrected chi connectivity index (χ2v) is 6.78. The molecule has 20 heavy (non-hydrogen) atoms. The topological polar surface area (TPSA) is 34.2 Å². The van der Waals surface area contributed by atoms with Crippen LogP contribution in [0.1, 0.15) is 31.2 Å². The van der Waals surface area contributed by atoms with Crippen LogP contribution in [-0.4, -0.2) is 17.1 Å². The van der Waals surface area contributed by atoms with Crippen LogP contribution in [0.4, 0.5) is 0 Å². The van der Waals surface area contributed by atoms with Crippen LogP contribution in [0.3, 0.4) is 0 Å². The molecule has 0 aliphatic heterocycles.